The Kier molecular flexibility index (Phi) is 3.19. The number of para-hydroxylation sites is 1. The summed E-state index contributed by atoms with van der Waals surface area (Å²) in [4.78, 5) is 0. The molecule has 0 bridgehead atoms. The largest absolute Gasteiger partial charge is 0.349 e. The molecule has 92 valence electrons. The summed E-state index contributed by atoms with van der Waals surface area (Å²) in [6.07, 6.45) is 1.84. The molecule has 2 aromatic rings. The van der Waals surface area contributed by atoms with Gasteiger partial charge in [0, 0.05) is 24.4 Å². The average molecular weight is 272 g/mol. The number of benzene rings is 1. The van der Waals surface area contributed by atoms with Gasteiger partial charge in [0.1, 0.15) is 0 Å². The Labute approximate surface area is 106 Å². The molecular weight excluding hydrogens is 258 g/mol. The van der Waals surface area contributed by atoms with Crippen LogP contribution in [0, 0.1) is 0 Å². The van der Waals surface area contributed by atoms with Gasteiger partial charge in [-0.3, -0.25) is 0 Å². The molecule has 0 aliphatic rings. The van der Waals surface area contributed by atoms with Crippen LogP contribution in [0.5, 0.6) is 0 Å². The molecule has 0 aliphatic carbocycles. The maximum absolute atomic E-state index is 11.7. The van der Waals surface area contributed by atoms with E-state index in [2.05, 4.69) is 0 Å². The second kappa shape index (κ2) is 4.35. The lowest BCUT2D eigenvalue weighted by molar-refractivity contribution is 0.596. The van der Waals surface area contributed by atoms with Crippen molar-refractivity contribution in [3.8, 4) is 0 Å². The van der Waals surface area contributed by atoms with Crippen LogP contribution in [-0.2, 0) is 22.6 Å². The van der Waals surface area contributed by atoms with E-state index in [0.29, 0.717) is 5.02 Å². The molecule has 3 nitrogen and oxygen atoms in total. The molecule has 1 heterocycles. The van der Waals surface area contributed by atoms with Crippen molar-refractivity contribution in [3.05, 3.63) is 35.0 Å². The monoisotopic (exact) mass is 271 g/mol. The van der Waals surface area contributed by atoms with E-state index >= 15 is 0 Å². The van der Waals surface area contributed by atoms with Crippen LogP contribution in [0.2, 0.25) is 5.02 Å². The fourth-order valence-corrected chi connectivity index (χ4v) is 3.17. The lowest BCUT2D eigenvalue weighted by atomic mass is 10.2. The van der Waals surface area contributed by atoms with Gasteiger partial charge in [-0.05, 0) is 11.6 Å². The van der Waals surface area contributed by atoms with Gasteiger partial charge < -0.3 is 4.57 Å². The SMILES string of the molecule is CCS(=O)(=O)Cc1cn(C)c2c(Cl)cccc12. The van der Waals surface area contributed by atoms with Gasteiger partial charge in [0.2, 0.25) is 0 Å². The van der Waals surface area contributed by atoms with Crippen LogP contribution in [0.4, 0.5) is 0 Å². The summed E-state index contributed by atoms with van der Waals surface area (Å²) in [5.41, 5.74) is 1.70. The summed E-state index contributed by atoms with van der Waals surface area (Å²) in [5, 5.41) is 1.56. The average Bonchev–Trinajstić information content (AvgIpc) is 2.56. The zero-order valence-corrected chi connectivity index (χ0v) is 11.3. The third-order valence-corrected chi connectivity index (χ3v) is 4.79. The van der Waals surface area contributed by atoms with E-state index in [-0.39, 0.29) is 11.5 Å². The first kappa shape index (κ1) is 12.5. The molecule has 1 aromatic carbocycles. The van der Waals surface area contributed by atoms with E-state index in [9.17, 15) is 8.42 Å². The Hall–Kier alpha value is -1.00. The molecule has 5 heteroatoms. The molecule has 0 fully saturated rings. The van der Waals surface area contributed by atoms with E-state index < -0.39 is 9.84 Å². The summed E-state index contributed by atoms with van der Waals surface area (Å²) in [7, 11) is -1.15. The maximum Gasteiger partial charge on any atom is 0.154 e. The van der Waals surface area contributed by atoms with Crippen molar-refractivity contribution in [2.45, 2.75) is 12.7 Å². The highest BCUT2D eigenvalue weighted by Crippen LogP contribution is 2.28. The number of nitrogens with zero attached hydrogens (tertiary/aromatic N) is 1. The Morgan fingerprint density at radius 2 is 2.06 bits per heavy atom. The smallest absolute Gasteiger partial charge is 0.154 e. The van der Waals surface area contributed by atoms with E-state index in [0.717, 1.165) is 16.5 Å². The maximum atomic E-state index is 11.7. The Morgan fingerprint density at radius 3 is 2.71 bits per heavy atom. The third kappa shape index (κ3) is 2.33. The molecule has 17 heavy (non-hydrogen) atoms. The topological polar surface area (TPSA) is 39.1 Å². The minimum atomic E-state index is -3.02. The van der Waals surface area contributed by atoms with Gasteiger partial charge >= 0.3 is 0 Å². The summed E-state index contributed by atoms with van der Waals surface area (Å²) < 4.78 is 25.2. The first-order chi connectivity index (χ1) is 7.94. The molecule has 0 N–H and O–H groups in total. The molecule has 2 rings (SSSR count). The number of sulfone groups is 1. The normalized spacial score (nSPS) is 12.2. The molecule has 0 unspecified atom stereocenters. The number of hydrogen-bond acceptors (Lipinski definition) is 2. The van der Waals surface area contributed by atoms with Crippen LogP contribution in [0.3, 0.4) is 0 Å². The third-order valence-electron chi connectivity index (χ3n) is 2.85. The lowest BCUT2D eigenvalue weighted by Crippen LogP contribution is -2.06. The van der Waals surface area contributed by atoms with Gasteiger partial charge in [0.25, 0.3) is 0 Å². The van der Waals surface area contributed by atoms with Gasteiger partial charge in [0.05, 0.1) is 16.3 Å². The molecular formula is C12H14ClNO2S. The molecule has 0 spiro atoms. The first-order valence-electron chi connectivity index (χ1n) is 5.37. The van der Waals surface area contributed by atoms with E-state index in [1.165, 1.54) is 0 Å². The molecule has 0 amide bonds. The number of halogens is 1. The fourth-order valence-electron chi connectivity index (χ4n) is 1.95. The number of rotatable bonds is 3. The minimum absolute atomic E-state index is 0.0706. The van der Waals surface area contributed by atoms with Crippen LogP contribution >= 0.6 is 11.6 Å². The molecule has 0 saturated carbocycles. The van der Waals surface area contributed by atoms with Crippen molar-refractivity contribution in [3.63, 3.8) is 0 Å². The van der Waals surface area contributed by atoms with E-state index in [1.807, 2.05) is 36.0 Å². The fraction of sp³-hybridized carbons (Fsp3) is 0.333. The number of hydrogen-bond donors (Lipinski definition) is 0. The number of fused-ring (bicyclic) bond motifs is 1. The second-order valence-corrected chi connectivity index (χ2v) is 6.84. The number of aromatic nitrogens is 1. The van der Waals surface area contributed by atoms with Gasteiger partial charge in [-0.15, -0.1) is 0 Å². The van der Waals surface area contributed by atoms with Crippen molar-refractivity contribution >= 4 is 32.3 Å². The zero-order valence-electron chi connectivity index (χ0n) is 9.77. The number of aryl methyl sites for hydroxylation is 1. The predicted octanol–water partition coefficient (Wildman–Crippen LogP) is 2.77. The van der Waals surface area contributed by atoms with E-state index in [4.69, 9.17) is 11.6 Å². The lowest BCUT2D eigenvalue weighted by Gasteiger charge is -2.00. The summed E-state index contributed by atoms with van der Waals surface area (Å²) >= 11 is 6.11. The first-order valence-corrected chi connectivity index (χ1v) is 7.57. The quantitative estimate of drug-likeness (QED) is 0.861. The van der Waals surface area contributed by atoms with Crippen LogP contribution in [0.25, 0.3) is 10.9 Å². The van der Waals surface area contributed by atoms with Crippen molar-refractivity contribution in [1.29, 1.82) is 0 Å². The minimum Gasteiger partial charge on any atom is -0.349 e. The summed E-state index contributed by atoms with van der Waals surface area (Å²) in [6.45, 7) is 1.66. The van der Waals surface area contributed by atoms with Crippen molar-refractivity contribution < 1.29 is 8.42 Å². The molecule has 0 aliphatic heterocycles. The summed E-state index contributed by atoms with van der Waals surface area (Å²) in [5.74, 6) is 0.227. The van der Waals surface area contributed by atoms with Crippen molar-refractivity contribution in [2.75, 3.05) is 5.75 Å². The predicted molar refractivity (Wildman–Crippen MR) is 71.1 cm³/mol. The van der Waals surface area contributed by atoms with Gasteiger partial charge in [-0.25, -0.2) is 8.42 Å². The van der Waals surface area contributed by atoms with Crippen molar-refractivity contribution in [1.82, 2.24) is 4.57 Å². The second-order valence-electron chi connectivity index (χ2n) is 4.08. The standard InChI is InChI=1S/C12H14ClNO2S/c1-3-17(15,16)8-9-7-14(2)12-10(9)5-4-6-11(12)13/h4-7H,3,8H2,1-2H3. The van der Waals surface area contributed by atoms with Crippen LogP contribution in [0.1, 0.15) is 12.5 Å². The molecule has 0 radical (unpaired) electrons. The molecule has 1 aromatic heterocycles. The summed E-state index contributed by atoms with van der Waals surface area (Å²) in [6, 6.07) is 5.55. The highest BCUT2D eigenvalue weighted by atomic mass is 35.5. The molecule has 0 atom stereocenters. The zero-order chi connectivity index (χ0) is 12.6. The Morgan fingerprint density at radius 1 is 1.35 bits per heavy atom. The Bertz CT molecular complexity index is 658. The van der Waals surface area contributed by atoms with Gasteiger partial charge in [-0.1, -0.05) is 30.7 Å². The highest BCUT2D eigenvalue weighted by Gasteiger charge is 2.15. The van der Waals surface area contributed by atoms with Crippen LogP contribution < -0.4 is 0 Å². The van der Waals surface area contributed by atoms with Crippen LogP contribution in [-0.4, -0.2) is 18.7 Å². The Balaban J connectivity index is 2.61. The molecule has 0 saturated heterocycles. The van der Waals surface area contributed by atoms with Crippen molar-refractivity contribution in [2.24, 2.45) is 7.05 Å². The highest BCUT2D eigenvalue weighted by molar-refractivity contribution is 7.90. The van der Waals surface area contributed by atoms with Crippen LogP contribution in [0.15, 0.2) is 24.4 Å². The van der Waals surface area contributed by atoms with Gasteiger partial charge in [0.15, 0.2) is 9.84 Å². The van der Waals surface area contributed by atoms with E-state index in [1.54, 1.807) is 6.92 Å². The van der Waals surface area contributed by atoms with Gasteiger partial charge in [-0.2, -0.15) is 0 Å².